The molecule has 1 unspecified atom stereocenters. The first kappa shape index (κ1) is 13.5. The van der Waals surface area contributed by atoms with Crippen molar-refractivity contribution in [3.63, 3.8) is 0 Å². The summed E-state index contributed by atoms with van der Waals surface area (Å²) in [6.07, 6.45) is 6.88. The van der Waals surface area contributed by atoms with Crippen LogP contribution in [0.3, 0.4) is 0 Å². The molecule has 0 spiro atoms. The Morgan fingerprint density at radius 3 is 2.81 bits per heavy atom. The number of likely N-dealkylation sites (tertiary alicyclic amines) is 1. The lowest BCUT2D eigenvalue weighted by atomic mass is 10.0. The van der Waals surface area contributed by atoms with Gasteiger partial charge in [-0.05, 0) is 32.2 Å². The molecule has 1 atom stereocenters. The second kappa shape index (κ2) is 7.66. The van der Waals surface area contributed by atoms with Gasteiger partial charge in [0.05, 0.1) is 6.04 Å². The molecule has 0 radical (unpaired) electrons. The molecular formula is C13H26N2O. The van der Waals surface area contributed by atoms with Gasteiger partial charge in [-0.15, -0.1) is 0 Å². The number of hydrogen-bond acceptors (Lipinski definition) is 2. The number of rotatable bonds is 7. The fourth-order valence-electron chi connectivity index (χ4n) is 2.22. The lowest BCUT2D eigenvalue weighted by Gasteiger charge is -2.32. The highest BCUT2D eigenvalue weighted by Crippen LogP contribution is 2.12. The van der Waals surface area contributed by atoms with Gasteiger partial charge >= 0.3 is 0 Å². The molecule has 0 aromatic carbocycles. The van der Waals surface area contributed by atoms with Crippen molar-refractivity contribution >= 4 is 5.91 Å². The van der Waals surface area contributed by atoms with E-state index in [2.05, 4.69) is 19.2 Å². The van der Waals surface area contributed by atoms with Crippen LogP contribution in [-0.2, 0) is 4.79 Å². The minimum atomic E-state index is 0.0929. The molecule has 0 bridgehead atoms. The molecular weight excluding hydrogens is 200 g/mol. The van der Waals surface area contributed by atoms with Crippen LogP contribution < -0.4 is 5.32 Å². The minimum Gasteiger partial charge on any atom is -0.341 e. The monoisotopic (exact) mass is 226 g/mol. The number of hydrogen-bond donors (Lipinski definition) is 1. The molecule has 1 saturated heterocycles. The van der Waals surface area contributed by atoms with E-state index >= 15 is 0 Å². The first-order valence-corrected chi connectivity index (χ1v) is 6.81. The average molecular weight is 226 g/mol. The summed E-state index contributed by atoms with van der Waals surface area (Å²) in [7, 11) is 0. The van der Waals surface area contributed by atoms with Gasteiger partial charge in [0.15, 0.2) is 0 Å². The van der Waals surface area contributed by atoms with Crippen molar-refractivity contribution in [1.29, 1.82) is 0 Å². The standard InChI is InChI=1S/C13H26N2O/c1-3-5-6-10-15-11-7-8-12(13(15)16)14-9-4-2/h12,14H,3-11H2,1-2H3. The number of unbranched alkanes of at least 4 members (excludes halogenated alkanes) is 2. The van der Waals surface area contributed by atoms with Crippen molar-refractivity contribution in [1.82, 2.24) is 10.2 Å². The Morgan fingerprint density at radius 2 is 2.12 bits per heavy atom. The van der Waals surface area contributed by atoms with E-state index in [0.717, 1.165) is 45.3 Å². The van der Waals surface area contributed by atoms with Crippen molar-refractivity contribution in [3.8, 4) is 0 Å². The molecule has 0 aliphatic carbocycles. The van der Waals surface area contributed by atoms with E-state index in [9.17, 15) is 4.79 Å². The lowest BCUT2D eigenvalue weighted by molar-refractivity contribution is -0.136. The zero-order chi connectivity index (χ0) is 11.8. The van der Waals surface area contributed by atoms with Gasteiger partial charge in [-0.3, -0.25) is 4.79 Å². The minimum absolute atomic E-state index is 0.0929. The molecule has 1 rings (SSSR count). The maximum atomic E-state index is 12.1. The summed E-state index contributed by atoms with van der Waals surface area (Å²) in [5.74, 6) is 0.329. The third-order valence-electron chi connectivity index (χ3n) is 3.20. The Bertz CT molecular complexity index is 206. The molecule has 0 aromatic rings. The largest absolute Gasteiger partial charge is 0.341 e. The number of nitrogens with zero attached hydrogens (tertiary/aromatic N) is 1. The predicted octanol–water partition coefficient (Wildman–Crippen LogP) is 2.17. The Hall–Kier alpha value is -0.570. The van der Waals surface area contributed by atoms with Crippen molar-refractivity contribution in [2.24, 2.45) is 0 Å². The van der Waals surface area contributed by atoms with E-state index in [1.165, 1.54) is 12.8 Å². The second-order valence-electron chi connectivity index (χ2n) is 4.68. The van der Waals surface area contributed by atoms with Crippen LogP contribution in [0, 0.1) is 0 Å². The van der Waals surface area contributed by atoms with Crippen LogP contribution in [0.15, 0.2) is 0 Å². The molecule has 1 N–H and O–H groups in total. The van der Waals surface area contributed by atoms with E-state index < -0.39 is 0 Å². The molecule has 3 nitrogen and oxygen atoms in total. The number of carbonyl (C=O) groups excluding carboxylic acids is 1. The van der Waals surface area contributed by atoms with Gasteiger partial charge in [0.1, 0.15) is 0 Å². The first-order chi connectivity index (χ1) is 7.79. The van der Waals surface area contributed by atoms with Crippen molar-refractivity contribution < 1.29 is 4.79 Å². The fourth-order valence-corrected chi connectivity index (χ4v) is 2.22. The third-order valence-corrected chi connectivity index (χ3v) is 3.20. The van der Waals surface area contributed by atoms with Crippen molar-refractivity contribution in [3.05, 3.63) is 0 Å². The molecule has 1 fully saturated rings. The van der Waals surface area contributed by atoms with Crippen LogP contribution >= 0.6 is 0 Å². The van der Waals surface area contributed by atoms with Gasteiger partial charge in [0, 0.05) is 13.1 Å². The number of carbonyl (C=O) groups is 1. The average Bonchev–Trinajstić information content (AvgIpc) is 2.30. The van der Waals surface area contributed by atoms with Gasteiger partial charge in [0.2, 0.25) is 5.91 Å². The molecule has 1 aliphatic heterocycles. The van der Waals surface area contributed by atoms with Crippen LogP contribution in [0.2, 0.25) is 0 Å². The zero-order valence-corrected chi connectivity index (χ0v) is 10.8. The van der Waals surface area contributed by atoms with E-state index in [4.69, 9.17) is 0 Å². The van der Waals surface area contributed by atoms with Crippen LogP contribution in [0.1, 0.15) is 52.4 Å². The van der Waals surface area contributed by atoms with Gasteiger partial charge in [-0.2, -0.15) is 0 Å². The number of amides is 1. The maximum absolute atomic E-state index is 12.1. The van der Waals surface area contributed by atoms with Gasteiger partial charge in [-0.25, -0.2) is 0 Å². The van der Waals surface area contributed by atoms with Gasteiger partial charge in [0.25, 0.3) is 0 Å². The summed E-state index contributed by atoms with van der Waals surface area (Å²) in [5.41, 5.74) is 0. The Labute approximate surface area is 99.6 Å². The van der Waals surface area contributed by atoms with Crippen molar-refractivity contribution in [2.45, 2.75) is 58.4 Å². The Balaban J connectivity index is 2.32. The summed E-state index contributed by atoms with van der Waals surface area (Å²) in [4.78, 5) is 14.1. The second-order valence-corrected chi connectivity index (χ2v) is 4.68. The summed E-state index contributed by atoms with van der Waals surface area (Å²) >= 11 is 0. The van der Waals surface area contributed by atoms with Crippen molar-refractivity contribution in [2.75, 3.05) is 19.6 Å². The first-order valence-electron chi connectivity index (χ1n) is 6.81. The quantitative estimate of drug-likeness (QED) is 0.675. The molecule has 0 aromatic heterocycles. The van der Waals surface area contributed by atoms with Gasteiger partial charge < -0.3 is 10.2 Å². The van der Waals surface area contributed by atoms with Crippen LogP contribution in [-0.4, -0.2) is 36.5 Å². The van der Waals surface area contributed by atoms with E-state index in [0.29, 0.717) is 5.91 Å². The Kier molecular flexibility index (Phi) is 6.46. The highest BCUT2D eigenvalue weighted by molar-refractivity contribution is 5.82. The van der Waals surface area contributed by atoms with Crippen LogP contribution in [0.5, 0.6) is 0 Å². The summed E-state index contributed by atoms with van der Waals surface area (Å²) in [6, 6.07) is 0.0929. The summed E-state index contributed by atoms with van der Waals surface area (Å²) in [5, 5.41) is 3.35. The summed E-state index contributed by atoms with van der Waals surface area (Å²) < 4.78 is 0. The lowest BCUT2D eigenvalue weighted by Crippen LogP contribution is -2.51. The molecule has 1 heterocycles. The zero-order valence-electron chi connectivity index (χ0n) is 10.8. The smallest absolute Gasteiger partial charge is 0.239 e. The van der Waals surface area contributed by atoms with E-state index in [1.54, 1.807) is 0 Å². The van der Waals surface area contributed by atoms with E-state index in [1.807, 2.05) is 4.90 Å². The highest BCUT2D eigenvalue weighted by Gasteiger charge is 2.27. The van der Waals surface area contributed by atoms with E-state index in [-0.39, 0.29) is 6.04 Å². The number of nitrogens with one attached hydrogen (secondary N) is 1. The maximum Gasteiger partial charge on any atom is 0.239 e. The third kappa shape index (κ3) is 4.12. The molecule has 0 saturated carbocycles. The van der Waals surface area contributed by atoms with Crippen LogP contribution in [0.4, 0.5) is 0 Å². The fraction of sp³-hybridized carbons (Fsp3) is 0.923. The number of piperidine rings is 1. The SMILES string of the molecule is CCCCCN1CCCC(NCCC)C1=O. The Morgan fingerprint density at radius 1 is 1.31 bits per heavy atom. The predicted molar refractivity (Wildman–Crippen MR) is 67.4 cm³/mol. The van der Waals surface area contributed by atoms with Gasteiger partial charge in [-0.1, -0.05) is 26.7 Å². The molecule has 16 heavy (non-hydrogen) atoms. The molecule has 1 amide bonds. The van der Waals surface area contributed by atoms with Crippen LogP contribution in [0.25, 0.3) is 0 Å². The normalized spacial score (nSPS) is 21.5. The summed E-state index contributed by atoms with van der Waals surface area (Å²) in [6.45, 7) is 7.21. The molecule has 94 valence electrons. The highest BCUT2D eigenvalue weighted by atomic mass is 16.2. The molecule has 1 aliphatic rings. The topological polar surface area (TPSA) is 32.3 Å². The molecule has 3 heteroatoms.